The van der Waals surface area contributed by atoms with Gasteiger partial charge in [-0.1, -0.05) is 12.1 Å². The molecule has 6 rings (SSSR count). The number of hydrogen-bond acceptors (Lipinski definition) is 6. The number of methoxy groups -OCH3 is 2. The molecule has 1 aromatic heterocycles. The van der Waals surface area contributed by atoms with E-state index in [1.165, 1.54) is 0 Å². The van der Waals surface area contributed by atoms with Gasteiger partial charge in [0.2, 0.25) is 0 Å². The van der Waals surface area contributed by atoms with Crippen molar-refractivity contribution >= 4 is 16.8 Å². The Hall–Kier alpha value is -2.20. The summed E-state index contributed by atoms with van der Waals surface area (Å²) in [5.41, 5.74) is -1.49. The van der Waals surface area contributed by atoms with E-state index in [0.717, 1.165) is 49.6 Å². The van der Waals surface area contributed by atoms with Gasteiger partial charge >= 0.3 is 6.18 Å². The maximum atomic E-state index is 13.9. The molecule has 0 unspecified atom stereocenters. The van der Waals surface area contributed by atoms with Gasteiger partial charge in [0, 0.05) is 25.7 Å². The van der Waals surface area contributed by atoms with Crippen molar-refractivity contribution < 1.29 is 32.5 Å². The zero-order valence-corrected chi connectivity index (χ0v) is 24.3. The highest BCUT2D eigenvalue weighted by atomic mass is 19.4. The number of halogens is 3. The molecule has 1 aromatic carbocycles. The van der Waals surface area contributed by atoms with E-state index in [-0.39, 0.29) is 47.8 Å². The van der Waals surface area contributed by atoms with Crippen LogP contribution in [0.2, 0.25) is 0 Å². The number of benzene rings is 1. The average Bonchev–Trinajstić information content (AvgIpc) is 3.51. The molecule has 4 aliphatic carbocycles. The van der Waals surface area contributed by atoms with Crippen LogP contribution < -0.4 is 4.74 Å². The lowest BCUT2D eigenvalue weighted by molar-refractivity contribution is -0.292. The Kier molecular flexibility index (Phi) is 7.20. The second-order valence-electron chi connectivity index (χ2n) is 13.6. The lowest BCUT2D eigenvalue weighted by Gasteiger charge is -2.63. The van der Waals surface area contributed by atoms with Crippen molar-refractivity contribution in [1.82, 2.24) is 15.0 Å². The third-order valence-electron chi connectivity index (χ3n) is 12.1. The van der Waals surface area contributed by atoms with E-state index >= 15 is 0 Å². The molecule has 0 saturated heterocycles. The number of carbonyl (C=O) groups excluding carboxylic acids is 1. The first-order chi connectivity index (χ1) is 19.5. The molecule has 226 valence electrons. The van der Waals surface area contributed by atoms with Crippen molar-refractivity contribution in [1.29, 1.82) is 0 Å². The molecular formula is C31H42F3N3O4. The third kappa shape index (κ3) is 4.50. The number of aromatic nitrogens is 3. The Balaban J connectivity index is 1.23. The molecule has 8 atom stereocenters. The predicted molar refractivity (Wildman–Crippen MR) is 146 cm³/mol. The molecule has 7 nitrogen and oxygen atoms in total. The fourth-order valence-electron chi connectivity index (χ4n) is 10.1. The summed E-state index contributed by atoms with van der Waals surface area (Å²) in [4.78, 5) is 13.9. The Bertz CT molecular complexity index is 1300. The summed E-state index contributed by atoms with van der Waals surface area (Å²) in [5, 5.41) is 19.2. The molecule has 41 heavy (non-hydrogen) atoms. The zero-order valence-electron chi connectivity index (χ0n) is 24.3. The minimum Gasteiger partial charge on any atom is -0.497 e. The number of ketones is 1. The van der Waals surface area contributed by atoms with Crippen LogP contribution in [0.3, 0.4) is 0 Å². The number of nitrogens with zero attached hydrogens (tertiary/aromatic N) is 3. The summed E-state index contributed by atoms with van der Waals surface area (Å²) < 4.78 is 54.1. The Morgan fingerprint density at radius 2 is 1.90 bits per heavy atom. The van der Waals surface area contributed by atoms with Gasteiger partial charge in [-0.05, 0) is 111 Å². The summed E-state index contributed by atoms with van der Waals surface area (Å²) in [6.45, 7) is 2.97. The first-order valence-electron chi connectivity index (χ1n) is 15.1. The van der Waals surface area contributed by atoms with Gasteiger partial charge in [0.15, 0.2) is 11.4 Å². The number of rotatable bonds is 7. The lowest BCUT2D eigenvalue weighted by Crippen LogP contribution is -2.60. The molecular weight excluding hydrogens is 535 g/mol. The van der Waals surface area contributed by atoms with Crippen LogP contribution in [0.4, 0.5) is 13.2 Å². The number of ether oxygens (including phenoxy) is 2. The van der Waals surface area contributed by atoms with Crippen LogP contribution in [0.1, 0.15) is 71.1 Å². The monoisotopic (exact) mass is 577 g/mol. The second kappa shape index (κ2) is 10.2. The van der Waals surface area contributed by atoms with Crippen LogP contribution in [-0.4, -0.2) is 58.5 Å². The Morgan fingerprint density at radius 1 is 1.10 bits per heavy atom. The van der Waals surface area contributed by atoms with Gasteiger partial charge in [0.05, 0.1) is 12.6 Å². The quantitative estimate of drug-likeness (QED) is 0.436. The van der Waals surface area contributed by atoms with Crippen molar-refractivity contribution in [2.24, 2.45) is 40.4 Å². The van der Waals surface area contributed by atoms with Gasteiger partial charge in [-0.3, -0.25) is 4.79 Å². The largest absolute Gasteiger partial charge is 0.497 e. The smallest absolute Gasteiger partial charge is 0.417 e. The minimum atomic E-state index is -4.61. The van der Waals surface area contributed by atoms with Gasteiger partial charge in [-0.25, -0.2) is 4.68 Å². The van der Waals surface area contributed by atoms with Gasteiger partial charge < -0.3 is 14.6 Å². The number of fused-ring (bicyclic) bond motifs is 6. The highest BCUT2D eigenvalue weighted by Crippen LogP contribution is 2.69. The highest BCUT2D eigenvalue weighted by Gasteiger charge is 2.66. The van der Waals surface area contributed by atoms with E-state index in [0.29, 0.717) is 43.0 Å². The molecule has 1 N–H and O–H groups in total. The van der Waals surface area contributed by atoms with Crippen LogP contribution in [-0.2, 0) is 16.1 Å². The number of hydrogen-bond donors (Lipinski definition) is 1. The van der Waals surface area contributed by atoms with Crippen molar-refractivity contribution in [2.75, 3.05) is 20.8 Å². The van der Waals surface area contributed by atoms with E-state index < -0.39 is 11.8 Å². The lowest BCUT2D eigenvalue weighted by atomic mass is 9.42. The number of Topliss-reactive ketones (excluding diaryl/α,β-unsaturated/α-hetero) is 1. The van der Waals surface area contributed by atoms with Gasteiger partial charge in [0.25, 0.3) is 0 Å². The number of alkyl halides is 3. The first-order valence-corrected chi connectivity index (χ1v) is 15.1. The summed E-state index contributed by atoms with van der Waals surface area (Å²) in [5.74, 6) is 1.67. The molecule has 0 amide bonds. The summed E-state index contributed by atoms with van der Waals surface area (Å²) in [6.07, 6.45) is 1.24. The van der Waals surface area contributed by atoms with E-state index in [2.05, 4.69) is 17.2 Å². The van der Waals surface area contributed by atoms with Crippen LogP contribution in [0.15, 0.2) is 18.2 Å². The minimum absolute atomic E-state index is 0.0763. The van der Waals surface area contributed by atoms with Crippen LogP contribution in [0.25, 0.3) is 11.0 Å². The fourth-order valence-corrected chi connectivity index (χ4v) is 10.1. The molecule has 0 bridgehead atoms. The molecule has 2 aromatic rings. The summed E-state index contributed by atoms with van der Waals surface area (Å²) >= 11 is 0. The molecule has 4 fully saturated rings. The van der Waals surface area contributed by atoms with Crippen molar-refractivity contribution in [3.8, 4) is 5.75 Å². The van der Waals surface area contributed by atoms with E-state index in [4.69, 9.17) is 9.47 Å². The first kappa shape index (κ1) is 28.9. The summed E-state index contributed by atoms with van der Waals surface area (Å²) in [6, 6.07) is 5.52. The van der Waals surface area contributed by atoms with E-state index in [1.807, 2.05) is 18.2 Å². The molecule has 0 aliphatic heterocycles. The molecule has 4 saturated carbocycles. The normalized spacial score (nSPS) is 38.8. The van der Waals surface area contributed by atoms with Crippen LogP contribution in [0.5, 0.6) is 5.75 Å². The molecule has 1 heterocycles. The Morgan fingerprint density at radius 3 is 2.63 bits per heavy atom. The maximum Gasteiger partial charge on any atom is 0.417 e. The number of carbonyl (C=O) groups is 1. The van der Waals surface area contributed by atoms with Crippen LogP contribution in [0, 0.1) is 40.4 Å². The fraction of sp³-hybridized carbons (Fsp3) is 0.774. The molecule has 0 spiro atoms. The van der Waals surface area contributed by atoms with Crippen molar-refractivity contribution in [2.45, 2.75) is 89.5 Å². The van der Waals surface area contributed by atoms with Gasteiger partial charge in [-0.15, -0.1) is 5.10 Å². The maximum absolute atomic E-state index is 13.9. The van der Waals surface area contributed by atoms with Crippen LogP contribution >= 0.6 is 0 Å². The van der Waals surface area contributed by atoms with Crippen molar-refractivity contribution in [3.05, 3.63) is 18.2 Å². The SMILES string of the molecule is COCC[C@]12CC[C@](O)(C(F)(F)F)C[C@H]1CC[C@H]1[C@@H]3CC[C@H](C(=O)Cn4nnc5ccc(OC)cc54)[C@@]3(C)CC[C@@H]12. The zero-order chi connectivity index (χ0) is 29.2. The molecule has 0 radical (unpaired) electrons. The molecule has 10 heteroatoms. The van der Waals surface area contributed by atoms with Gasteiger partial charge in [0.1, 0.15) is 17.8 Å². The average molecular weight is 578 g/mol. The highest BCUT2D eigenvalue weighted by molar-refractivity contribution is 5.84. The van der Waals surface area contributed by atoms with E-state index in [1.54, 1.807) is 18.9 Å². The Labute approximate surface area is 239 Å². The topological polar surface area (TPSA) is 86.5 Å². The number of aliphatic hydroxyl groups is 1. The molecule has 4 aliphatic rings. The van der Waals surface area contributed by atoms with Crippen molar-refractivity contribution in [3.63, 3.8) is 0 Å². The predicted octanol–water partition coefficient (Wildman–Crippen LogP) is 5.98. The van der Waals surface area contributed by atoms with E-state index in [9.17, 15) is 23.1 Å². The third-order valence-corrected chi connectivity index (χ3v) is 12.1. The standard InChI is InChI=1S/C31H42F3N3O4/c1-28-11-10-23-21(6-4-19-17-30(39,31(32,33)34)13-12-29(19,23)14-15-40-2)22(28)7-8-24(28)27(38)18-37-26-16-20(41-3)5-9-25(26)35-36-37/h5,9,16,19,21-24,39H,4,6-8,10-15,17-18H2,1-3H3/t19-,21+,22+,23+,24-,28+,29-,30-/m1/s1. The summed E-state index contributed by atoms with van der Waals surface area (Å²) in [7, 11) is 3.26. The van der Waals surface area contributed by atoms with Gasteiger partial charge in [-0.2, -0.15) is 13.2 Å². The second-order valence-corrected chi connectivity index (χ2v) is 13.6.